The number of hydrogen-bond acceptors (Lipinski definition) is 5. The van der Waals surface area contributed by atoms with Crippen molar-refractivity contribution in [2.75, 3.05) is 59.1 Å². The van der Waals surface area contributed by atoms with Crippen molar-refractivity contribution in [3.05, 3.63) is 30.3 Å². The highest BCUT2D eigenvalue weighted by molar-refractivity contribution is 5.79. The van der Waals surface area contributed by atoms with Gasteiger partial charge in [-0.15, -0.1) is 0 Å². The average molecular weight is 416 g/mol. The molecule has 0 unspecified atom stereocenters. The molecule has 0 N–H and O–H groups in total. The fourth-order valence-corrected chi connectivity index (χ4v) is 4.79. The maximum Gasteiger partial charge on any atom is 0.260 e. The lowest BCUT2D eigenvalue weighted by Gasteiger charge is -2.42. The van der Waals surface area contributed by atoms with E-state index in [2.05, 4.69) is 4.90 Å². The number of likely N-dealkylation sites (tertiary alicyclic amines) is 2. The van der Waals surface area contributed by atoms with Gasteiger partial charge >= 0.3 is 0 Å². The third-order valence-corrected chi connectivity index (χ3v) is 6.64. The summed E-state index contributed by atoms with van der Waals surface area (Å²) in [5.41, 5.74) is 0. The molecule has 0 saturated carbocycles. The van der Waals surface area contributed by atoms with E-state index in [-0.39, 0.29) is 18.4 Å². The standard InChI is InChI=1S/C23H33N3O4/c27-22(18-30-21-4-2-1-3-5-21)25-12-8-20(9-13-25)24-10-6-19(7-11-24)23(28)26-14-16-29-17-15-26/h1-5,19-20H,6-18H2. The first kappa shape index (κ1) is 21.1. The minimum atomic E-state index is 0.0621. The number of carbonyl (C=O) groups excluding carboxylic acids is 2. The first-order valence-electron chi connectivity index (χ1n) is 11.3. The van der Waals surface area contributed by atoms with Crippen molar-refractivity contribution in [1.82, 2.24) is 14.7 Å². The van der Waals surface area contributed by atoms with Crippen molar-refractivity contribution in [3.8, 4) is 5.75 Å². The van der Waals surface area contributed by atoms with E-state index in [1.54, 1.807) is 0 Å². The molecule has 1 aromatic rings. The molecule has 0 bridgehead atoms. The Morgan fingerprint density at radius 1 is 0.867 bits per heavy atom. The van der Waals surface area contributed by atoms with Crippen LogP contribution in [0.2, 0.25) is 0 Å². The predicted octanol–water partition coefficient (Wildman–Crippen LogP) is 1.63. The van der Waals surface area contributed by atoms with E-state index in [0.29, 0.717) is 25.2 Å². The molecule has 0 atom stereocenters. The number of morpholine rings is 1. The lowest BCUT2D eigenvalue weighted by Crippen LogP contribution is -2.51. The molecule has 164 valence electrons. The van der Waals surface area contributed by atoms with Gasteiger partial charge in [-0.05, 0) is 50.9 Å². The molecule has 4 rings (SSSR count). The summed E-state index contributed by atoms with van der Waals surface area (Å²) in [6, 6.07) is 10.00. The lowest BCUT2D eigenvalue weighted by molar-refractivity contribution is -0.142. The molecule has 1 aromatic carbocycles. The minimum absolute atomic E-state index is 0.0621. The second-order valence-corrected chi connectivity index (χ2v) is 8.46. The number of hydrogen-bond donors (Lipinski definition) is 0. The number of para-hydroxylation sites is 1. The van der Waals surface area contributed by atoms with Crippen LogP contribution in [0.3, 0.4) is 0 Å². The Labute approximate surface area is 178 Å². The van der Waals surface area contributed by atoms with Gasteiger partial charge in [0.2, 0.25) is 5.91 Å². The first-order valence-corrected chi connectivity index (χ1v) is 11.3. The zero-order valence-corrected chi connectivity index (χ0v) is 17.7. The monoisotopic (exact) mass is 415 g/mol. The Hall–Kier alpha value is -2.12. The number of nitrogens with zero attached hydrogens (tertiary/aromatic N) is 3. The highest BCUT2D eigenvalue weighted by atomic mass is 16.5. The Morgan fingerprint density at radius 3 is 2.20 bits per heavy atom. The van der Waals surface area contributed by atoms with E-state index in [4.69, 9.17) is 9.47 Å². The maximum absolute atomic E-state index is 12.7. The van der Waals surface area contributed by atoms with Gasteiger partial charge < -0.3 is 24.2 Å². The molecule has 0 aromatic heterocycles. The minimum Gasteiger partial charge on any atom is -0.484 e. The van der Waals surface area contributed by atoms with Gasteiger partial charge in [-0.25, -0.2) is 0 Å². The topological polar surface area (TPSA) is 62.3 Å². The van der Waals surface area contributed by atoms with Crippen LogP contribution in [0.5, 0.6) is 5.75 Å². The highest BCUT2D eigenvalue weighted by Gasteiger charge is 2.33. The summed E-state index contributed by atoms with van der Waals surface area (Å²) in [5.74, 6) is 1.27. The summed E-state index contributed by atoms with van der Waals surface area (Å²) in [5, 5.41) is 0. The molecule has 7 nitrogen and oxygen atoms in total. The van der Waals surface area contributed by atoms with Crippen LogP contribution in [0, 0.1) is 5.92 Å². The van der Waals surface area contributed by atoms with Gasteiger partial charge in [-0.2, -0.15) is 0 Å². The molecule has 3 saturated heterocycles. The van der Waals surface area contributed by atoms with Gasteiger partial charge in [-0.3, -0.25) is 9.59 Å². The molecule has 3 fully saturated rings. The van der Waals surface area contributed by atoms with E-state index in [9.17, 15) is 9.59 Å². The van der Waals surface area contributed by atoms with Crippen molar-refractivity contribution in [1.29, 1.82) is 0 Å². The van der Waals surface area contributed by atoms with Crippen molar-refractivity contribution in [2.24, 2.45) is 5.92 Å². The van der Waals surface area contributed by atoms with Gasteiger partial charge in [-0.1, -0.05) is 18.2 Å². The summed E-state index contributed by atoms with van der Waals surface area (Å²) >= 11 is 0. The van der Waals surface area contributed by atoms with E-state index in [1.807, 2.05) is 40.1 Å². The molecule has 3 aliphatic heterocycles. The van der Waals surface area contributed by atoms with E-state index < -0.39 is 0 Å². The van der Waals surface area contributed by atoms with Crippen LogP contribution in [0.4, 0.5) is 0 Å². The summed E-state index contributed by atoms with van der Waals surface area (Å²) in [6.07, 6.45) is 3.89. The van der Waals surface area contributed by atoms with Gasteiger partial charge in [0, 0.05) is 38.1 Å². The normalized spacial score (nSPS) is 22.1. The zero-order chi connectivity index (χ0) is 20.8. The second kappa shape index (κ2) is 10.3. The number of rotatable bonds is 5. The smallest absolute Gasteiger partial charge is 0.260 e. The zero-order valence-electron chi connectivity index (χ0n) is 17.7. The average Bonchev–Trinajstić information content (AvgIpc) is 2.83. The number of carbonyl (C=O) groups is 2. The quantitative estimate of drug-likeness (QED) is 0.732. The molecule has 0 radical (unpaired) electrons. The van der Waals surface area contributed by atoms with Crippen LogP contribution in [0.25, 0.3) is 0 Å². The third kappa shape index (κ3) is 5.32. The molecule has 2 amide bonds. The molecule has 3 heterocycles. The third-order valence-electron chi connectivity index (χ3n) is 6.64. The largest absolute Gasteiger partial charge is 0.484 e. The molecule has 0 aliphatic carbocycles. The number of benzene rings is 1. The van der Waals surface area contributed by atoms with Crippen molar-refractivity contribution >= 4 is 11.8 Å². The fourth-order valence-electron chi connectivity index (χ4n) is 4.79. The second-order valence-electron chi connectivity index (χ2n) is 8.46. The Kier molecular flexibility index (Phi) is 7.23. The Bertz CT molecular complexity index is 692. The molecular formula is C23H33N3O4. The van der Waals surface area contributed by atoms with Gasteiger partial charge in [0.25, 0.3) is 5.91 Å². The van der Waals surface area contributed by atoms with Crippen LogP contribution >= 0.6 is 0 Å². The Morgan fingerprint density at radius 2 is 1.53 bits per heavy atom. The number of piperidine rings is 2. The highest BCUT2D eigenvalue weighted by Crippen LogP contribution is 2.25. The molecule has 7 heteroatoms. The van der Waals surface area contributed by atoms with Crippen LogP contribution in [0.15, 0.2) is 30.3 Å². The summed E-state index contributed by atoms with van der Waals surface area (Å²) in [4.78, 5) is 31.6. The summed E-state index contributed by atoms with van der Waals surface area (Å²) in [6.45, 7) is 6.44. The van der Waals surface area contributed by atoms with Crippen LogP contribution < -0.4 is 4.74 Å². The SMILES string of the molecule is O=C(COc1ccccc1)N1CCC(N2CCC(C(=O)N3CCOCC3)CC2)CC1. The summed E-state index contributed by atoms with van der Waals surface area (Å²) < 4.78 is 11.0. The van der Waals surface area contributed by atoms with E-state index >= 15 is 0 Å². The van der Waals surface area contributed by atoms with E-state index in [0.717, 1.165) is 70.7 Å². The maximum atomic E-state index is 12.7. The van der Waals surface area contributed by atoms with Crippen molar-refractivity contribution < 1.29 is 19.1 Å². The predicted molar refractivity (Wildman–Crippen MR) is 113 cm³/mol. The van der Waals surface area contributed by atoms with Gasteiger partial charge in [0.05, 0.1) is 13.2 Å². The van der Waals surface area contributed by atoms with Crippen LogP contribution in [-0.4, -0.2) is 91.6 Å². The number of ether oxygens (including phenoxy) is 2. The Balaban J connectivity index is 1.17. The molecule has 30 heavy (non-hydrogen) atoms. The van der Waals surface area contributed by atoms with Gasteiger partial charge in [0.1, 0.15) is 5.75 Å². The fraction of sp³-hybridized carbons (Fsp3) is 0.652. The van der Waals surface area contributed by atoms with Gasteiger partial charge in [0.15, 0.2) is 6.61 Å². The van der Waals surface area contributed by atoms with Crippen LogP contribution in [-0.2, 0) is 14.3 Å². The number of amides is 2. The molecular weight excluding hydrogens is 382 g/mol. The lowest BCUT2D eigenvalue weighted by atomic mass is 9.92. The molecule has 3 aliphatic rings. The first-order chi connectivity index (χ1) is 14.7. The van der Waals surface area contributed by atoms with E-state index in [1.165, 1.54) is 0 Å². The summed E-state index contributed by atoms with van der Waals surface area (Å²) in [7, 11) is 0. The molecule has 0 spiro atoms. The van der Waals surface area contributed by atoms with Crippen molar-refractivity contribution in [3.63, 3.8) is 0 Å². The van der Waals surface area contributed by atoms with Crippen molar-refractivity contribution in [2.45, 2.75) is 31.7 Å². The van der Waals surface area contributed by atoms with Crippen LogP contribution in [0.1, 0.15) is 25.7 Å².